The number of fused-ring (bicyclic) bond motifs is 2. The first-order chi connectivity index (χ1) is 10.1. The van der Waals surface area contributed by atoms with E-state index in [1.165, 1.54) is 0 Å². The van der Waals surface area contributed by atoms with Crippen molar-refractivity contribution in [3.63, 3.8) is 0 Å². The molecule has 0 aliphatic carbocycles. The molecule has 0 radical (unpaired) electrons. The number of anilines is 2. The minimum Gasteiger partial charge on any atom is -1.00 e. The van der Waals surface area contributed by atoms with Crippen LogP contribution in [0.15, 0.2) is 41.2 Å². The van der Waals surface area contributed by atoms with Gasteiger partial charge in [0, 0.05) is 35.2 Å². The third-order valence-corrected chi connectivity index (χ3v) is 3.93. The second-order valence-electron chi connectivity index (χ2n) is 5.16. The molecule has 4 nitrogen and oxygen atoms in total. The molecule has 1 aromatic heterocycles. The average Bonchev–Trinajstić information content (AvgIpc) is 2.48. The number of nitrogen functional groups attached to an aromatic ring is 1. The van der Waals surface area contributed by atoms with E-state index in [2.05, 4.69) is 23.7 Å². The molecule has 2 aromatic carbocycles. The number of pyridine rings is 1. The van der Waals surface area contributed by atoms with Crippen molar-refractivity contribution in [1.82, 2.24) is 4.98 Å². The molecule has 0 spiro atoms. The Balaban J connectivity index is 0.00000132. The normalized spacial score (nSPS) is 10.6. The Morgan fingerprint density at radius 1 is 1.05 bits per heavy atom. The van der Waals surface area contributed by atoms with Crippen LogP contribution in [0.3, 0.4) is 0 Å². The van der Waals surface area contributed by atoms with E-state index < -0.39 is 0 Å². The van der Waals surface area contributed by atoms with Gasteiger partial charge in [-0.3, -0.25) is 4.79 Å². The Bertz CT molecular complexity index is 875. The van der Waals surface area contributed by atoms with Crippen molar-refractivity contribution in [2.75, 3.05) is 23.7 Å². The zero-order chi connectivity index (χ0) is 15.0. The number of rotatable bonds is 3. The molecule has 0 saturated carbocycles. The molecule has 22 heavy (non-hydrogen) atoms. The quantitative estimate of drug-likeness (QED) is 0.412. The van der Waals surface area contributed by atoms with Gasteiger partial charge in [-0.2, -0.15) is 0 Å². The van der Waals surface area contributed by atoms with Gasteiger partial charge < -0.3 is 17.0 Å². The number of nitrogens with two attached hydrogens (primary N) is 1. The Labute approximate surface area is 173 Å². The van der Waals surface area contributed by atoms with E-state index in [0.717, 1.165) is 29.8 Å². The summed E-state index contributed by atoms with van der Waals surface area (Å²) in [6.45, 7) is 6.12. The van der Waals surface area contributed by atoms with Crippen molar-refractivity contribution in [2.24, 2.45) is 0 Å². The third-order valence-electron chi connectivity index (χ3n) is 3.93. The summed E-state index contributed by atoms with van der Waals surface area (Å²) in [5.74, 6) is 0. The van der Waals surface area contributed by atoms with Crippen LogP contribution in [0.5, 0.6) is 0 Å². The van der Waals surface area contributed by atoms with Gasteiger partial charge in [-0.05, 0) is 50.2 Å². The molecule has 110 valence electrons. The SMILES string of the molecule is CCN(CC)c1ccc2c(=O)c3ccc(N)cc3[nH]c2c1.[H-].[K+]. The van der Waals surface area contributed by atoms with E-state index in [1.54, 1.807) is 18.2 Å². The number of aromatic amines is 1. The van der Waals surface area contributed by atoms with E-state index in [0.29, 0.717) is 16.5 Å². The smallest absolute Gasteiger partial charge is 1.00 e. The van der Waals surface area contributed by atoms with Crippen LogP contribution in [-0.4, -0.2) is 18.1 Å². The first kappa shape index (κ1) is 17.5. The molecule has 0 atom stereocenters. The summed E-state index contributed by atoms with van der Waals surface area (Å²) in [6.07, 6.45) is 0. The topological polar surface area (TPSA) is 62.1 Å². The fourth-order valence-electron chi connectivity index (χ4n) is 2.77. The number of aromatic nitrogens is 1. The van der Waals surface area contributed by atoms with Crippen molar-refractivity contribution >= 4 is 33.2 Å². The number of nitrogens with zero attached hydrogens (tertiary/aromatic N) is 1. The van der Waals surface area contributed by atoms with Crippen LogP contribution in [0.2, 0.25) is 0 Å². The van der Waals surface area contributed by atoms with Crippen LogP contribution in [-0.2, 0) is 0 Å². The number of benzene rings is 2. The number of nitrogens with one attached hydrogen (secondary N) is 1. The summed E-state index contributed by atoms with van der Waals surface area (Å²) in [5, 5.41) is 1.38. The molecule has 0 saturated heterocycles. The second-order valence-corrected chi connectivity index (χ2v) is 5.16. The summed E-state index contributed by atoms with van der Waals surface area (Å²) >= 11 is 0. The van der Waals surface area contributed by atoms with Gasteiger partial charge in [0.05, 0.1) is 11.0 Å². The fourth-order valence-corrected chi connectivity index (χ4v) is 2.77. The molecule has 1 heterocycles. The standard InChI is InChI=1S/C17H19N3O.K.H/c1-3-20(4-2)12-6-8-14-16(10-12)19-15-9-11(18)5-7-13(15)17(14)21;;/h5-10H,3-4,18H2,1-2H3,(H,19,21);;/q;+1;-1. The van der Waals surface area contributed by atoms with Gasteiger partial charge in [0.15, 0.2) is 5.43 Å². The van der Waals surface area contributed by atoms with Gasteiger partial charge in [-0.1, -0.05) is 0 Å². The molecule has 0 unspecified atom stereocenters. The van der Waals surface area contributed by atoms with Crippen LogP contribution >= 0.6 is 0 Å². The van der Waals surface area contributed by atoms with Gasteiger partial charge in [0.1, 0.15) is 0 Å². The molecular weight excluding hydrogens is 301 g/mol. The summed E-state index contributed by atoms with van der Waals surface area (Å²) in [7, 11) is 0. The van der Waals surface area contributed by atoms with Crippen molar-refractivity contribution in [1.29, 1.82) is 0 Å². The fraction of sp³-hybridized carbons (Fsp3) is 0.235. The number of H-pyrrole nitrogens is 1. The van der Waals surface area contributed by atoms with E-state index >= 15 is 0 Å². The Hall–Kier alpha value is -0.854. The van der Waals surface area contributed by atoms with E-state index in [-0.39, 0.29) is 58.2 Å². The van der Waals surface area contributed by atoms with Crippen LogP contribution in [0.25, 0.3) is 21.8 Å². The maximum absolute atomic E-state index is 12.5. The Kier molecular flexibility index (Phi) is 5.68. The third kappa shape index (κ3) is 3.09. The van der Waals surface area contributed by atoms with Crippen LogP contribution in [0, 0.1) is 0 Å². The molecular formula is C17H20KN3O. The van der Waals surface area contributed by atoms with E-state index in [1.807, 2.05) is 18.2 Å². The number of hydrogen-bond acceptors (Lipinski definition) is 3. The largest absolute Gasteiger partial charge is 1.00 e. The summed E-state index contributed by atoms with van der Waals surface area (Å²) in [4.78, 5) is 18.1. The molecule has 0 amide bonds. The van der Waals surface area contributed by atoms with Crippen molar-refractivity contribution < 1.29 is 52.8 Å². The predicted octanol–water partition coefficient (Wildman–Crippen LogP) is 0.226. The molecule has 3 N–H and O–H groups in total. The van der Waals surface area contributed by atoms with Crippen molar-refractivity contribution in [2.45, 2.75) is 13.8 Å². The van der Waals surface area contributed by atoms with Gasteiger partial charge >= 0.3 is 51.4 Å². The molecule has 0 bridgehead atoms. The average molecular weight is 321 g/mol. The van der Waals surface area contributed by atoms with Crippen LogP contribution < -0.4 is 67.4 Å². The van der Waals surface area contributed by atoms with Crippen molar-refractivity contribution in [3.05, 3.63) is 46.6 Å². The van der Waals surface area contributed by atoms with Crippen LogP contribution in [0.1, 0.15) is 15.3 Å². The molecule has 5 heteroatoms. The van der Waals surface area contributed by atoms with Gasteiger partial charge in [0.25, 0.3) is 0 Å². The molecule has 0 aliphatic rings. The summed E-state index contributed by atoms with van der Waals surface area (Å²) in [5.41, 5.74) is 9.25. The Morgan fingerprint density at radius 3 is 2.27 bits per heavy atom. The minimum absolute atomic E-state index is 0. The second kappa shape index (κ2) is 7.15. The van der Waals surface area contributed by atoms with E-state index in [4.69, 9.17) is 5.73 Å². The molecule has 0 aliphatic heterocycles. The maximum atomic E-state index is 12.5. The first-order valence-electron chi connectivity index (χ1n) is 7.24. The summed E-state index contributed by atoms with van der Waals surface area (Å²) < 4.78 is 0. The van der Waals surface area contributed by atoms with Crippen molar-refractivity contribution in [3.8, 4) is 0 Å². The van der Waals surface area contributed by atoms with Crippen LogP contribution in [0.4, 0.5) is 11.4 Å². The zero-order valence-corrected chi connectivity index (χ0v) is 16.4. The minimum atomic E-state index is 0. The number of hydrogen-bond donors (Lipinski definition) is 2. The Morgan fingerprint density at radius 2 is 1.64 bits per heavy atom. The molecule has 3 aromatic rings. The molecule has 0 fully saturated rings. The van der Waals surface area contributed by atoms with E-state index in [9.17, 15) is 4.79 Å². The monoisotopic (exact) mass is 321 g/mol. The van der Waals surface area contributed by atoms with Gasteiger partial charge in [-0.15, -0.1) is 0 Å². The van der Waals surface area contributed by atoms with Gasteiger partial charge in [-0.25, -0.2) is 0 Å². The van der Waals surface area contributed by atoms with Gasteiger partial charge in [0.2, 0.25) is 0 Å². The predicted molar refractivity (Wildman–Crippen MR) is 91.2 cm³/mol. The summed E-state index contributed by atoms with van der Waals surface area (Å²) in [6, 6.07) is 11.3. The molecule has 3 rings (SSSR count). The first-order valence-corrected chi connectivity index (χ1v) is 7.24. The maximum Gasteiger partial charge on any atom is 1.00 e. The zero-order valence-electron chi connectivity index (χ0n) is 14.3.